The van der Waals surface area contributed by atoms with Crippen LogP contribution in [-0.2, 0) is 9.53 Å². The van der Waals surface area contributed by atoms with Gasteiger partial charge in [0.15, 0.2) is 0 Å². The van der Waals surface area contributed by atoms with Crippen molar-refractivity contribution in [3.8, 4) is 0 Å². The molecule has 1 aliphatic carbocycles. The molecule has 0 bridgehead atoms. The first-order valence-electron chi connectivity index (χ1n) is 5.36. The Labute approximate surface area is 89.2 Å². The second kappa shape index (κ2) is 4.08. The van der Waals surface area contributed by atoms with Gasteiger partial charge in [-0.05, 0) is 12.8 Å². The molecule has 1 heterocycles. The SMILES string of the molecule is COC1CC(NC2(CC(=O)O)CNC2)C1. The van der Waals surface area contributed by atoms with Crippen molar-refractivity contribution in [2.45, 2.75) is 36.9 Å². The first kappa shape index (κ1) is 10.9. The molecule has 2 rings (SSSR count). The zero-order valence-corrected chi connectivity index (χ0v) is 8.95. The summed E-state index contributed by atoms with van der Waals surface area (Å²) in [5.41, 5.74) is -0.213. The number of hydrogen-bond acceptors (Lipinski definition) is 4. The van der Waals surface area contributed by atoms with E-state index in [0.717, 1.165) is 25.9 Å². The Morgan fingerprint density at radius 2 is 2.27 bits per heavy atom. The van der Waals surface area contributed by atoms with Crippen molar-refractivity contribution >= 4 is 5.97 Å². The van der Waals surface area contributed by atoms with Crippen molar-refractivity contribution in [1.82, 2.24) is 10.6 Å². The Kier molecular flexibility index (Phi) is 2.95. The van der Waals surface area contributed by atoms with Crippen LogP contribution in [0.5, 0.6) is 0 Å². The minimum atomic E-state index is -0.730. The van der Waals surface area contributed by atoms with Gasteiger partial charge in [0, 0.05) is 26.2 Å². The molecule has 15 heavy (non-hydrogen) atoms. The Bertz CT molecular complexity index is 247. The maximum atomic E-state index is 10.7. The molecule has 0 radical (unpaired) electrons. The predicted octanol–water partition coefficient (Wildman–Crippen LogP) is -0.430. The summed E-state index contributed by atoms with van der Waals surface area (Å²) in [4.78, 5) is 10.7. The summed E-state index contributed by atoms with van der Waals surface area (Å²) < 4.78 is 5.19. The highest BCUT2D eigenvalue weighted by Gasteiger charge is 2.43. The summed E-state index contributed by atoms with van der Waals surface area (Å²) >= 11 is 0. The van der Waals surface area contributed by atoms with Crippen LogP contribution >= 0.6 is 0 Å². The Hall–Kier alpha value is -0.650. The number of carbonyl (C=O) groups is 1. The molecule has 0 unspecified atom stereocenters. The first-order valence-corrected chi connectivity index (χ1v) is 5.36. The number of aliphatic carboxylic acids is 1. The normalized spacial score (nSPS) is 32.9. The van der Waals surface area contributed by atoms with Crippen LogP contribution in [0.25, 0.3) is 0 Å². The maximum Gasteiger partial charge on any atom is 0.305 e. The number of hydrogen-bond donors (Lipinski definition) is 3. The minimum absolute atomic E-state index is 0.203. The van der Waals surface area contributed by atoms with E-state index >= 15 is 0 Å². The second-order valence-corrected chi connectivity index (χ2v) is 4.62. The summed E-state index contributed by atoms with van der Waals surface area (Å²) in [5, 5.41) is 15.4. The molecule has 0 aromatic rings. The van der Waals surface area contributed by atoms with Gasteiger partial charge in [-0.3, -0.25) is 4.79 Å². The molecule has 0 aromatic carbocycles. The summed E-state index contributed by atoms with van der Waals surface area (Å²) in [6.45, 7) is 1.51. The summed E-state index contributed by atoms with van der Waals surface area (Å²) in [6, 6.07) is 0.427. The Morgan fingerprint density at radius 1 is 1.60 bits per heavy atom. The number of ether oxygens (including phenoxy) is 1. The van der Waals surface area contributed by atoms with Crippen molar-refractivity contribution in [2.75, 3.05) is 20.2 Å². The lowest BCUT2D eigenvalue weighted by molar-refractivity contribution is -0.139. The van der Waals surface area contributed by atoms with Gasteiger partial charge in [-0.25, -0.2) is 0 Å². The highest BCUT2D eigenvalue weighted by atomic mass is 16.5. The molecule has 86 valence electrons. The Balaban J connectivity index is 1.79. The number of methoxy groups -OCH3 is 1. The average Bonchev–Trinajstić information content (AvgIpc) is 2.05. The van der Waals surface area contributed by atoms with Crippen LogP contribution in [0.3, 0.4) is 0 Å². The van der Waals surface area contributed by atoms with Gasteiger partial charge in [-0.1, -0.05) is 0 Å². The second-order valence-electron chi connectivity index (χ2n) is 4.62. The van der Waals surface area contributed by atoms with Crippen molar-refractivity contribution < 1.29 is 14.6 Å². The van der Waals surface area contributed by atoms with Gasteiger partial charge in [0.25, 0.3) is 0 Å². The van der Waals surface area contributed by atoms with E-state index in [0.29, 0.717) is 12.1 Å². The fourth-order valence-electron chi connectivity index (χ4n) is 2.30. The molecule has 3 N–H and O–H groups in total. The van der Waals surface area contributed by atoms with E-state index in [1.807, 2.05) is 0 Å². The fraction of sp³-hybridized carbons (Fsp3) is 0.900. The van der Waals surface area contributed by atoms with Gasteiger partial charge in [0.2, 0.25) is 0 Å². The molecular weight excluding hydrogens is 196 g/mol. The van der Waals surface area contributed by atoms with E-state index in [1.165, 1.54) is 0 Å². The molecule has 0 atom stereocenters. The van der Waals surface area contributed by atoms with Crippen LogP contribution in [0.15, 0.2) is 0 Å². The van der Waals surface area contributed by atoms with E-state index in [4.69, 9.17) is 9.84 Å². The average molecular weight is 214 g/mol. The molecule has 0 aromatic heterocycles. The van der Waals surface area contributed by atoms with Crippen molar-refractivity contribution in [3.05, 3.63) is 0 Å². The summed E-state index contributed by atoms with van der Waals surface area (Å²) in [7, 11) is 1.72. The lowest BCUT2D eigenvalue weighted by atomic mass is 9.82. The molecule has 2 fully saturated rings. The van der Waals surface area contributed by atoms with E-state index in [9.17, 15) is 4.79 Å². The van der Waals surface area contributed by atoms with E-state index in [2.05, 4.69) is 10.6 Å². The third-order valence-electron chi connectivity index (χ3n) is 3.35. The van der Waals surface area contributed by atoms with Crippen LogP contribution < -0.4 is 10.6 Å². The Morgan fingerprint density at radius 3 is 2.67 bits per heavy atom. The van der Waals surface area contributed by atoms with Crippen LogP contribution in [-0.4, -0.2) is 49.0 Å². The van der Waals surface area contributed by atoms with Crippen molar-refractivity contribution in [2.24, 2.45) is 0 Å². The third-order valence-corrected chi connectivity index (χ3v) is 3.35. The van der Waals surface area contributed by atoms with Gasteiger partial charge < -0.3 is 20.5 Å². The van der Waals surface area contributed by atoms with Gasteiger partial charge in [0.1, 0.15) is 0 Å². The fourth-order valence-corrected chi connectivity index (χ4v) is 2.30. The number of carboxylic acids is 1. The van der Waals surface area contributed by atoms with Crippen LogP contribution in [0, 0.1) is 0 Å². The standard InChI is InChI=1S/C10H18N2O3/c1-15-8-2-7(3-8)12-10(4-9(13)14)5-11-6-10/h7-8,11-12H,2-6H2,1H3,(H,13,14). The molecule has 1 aliphatic heterocycles. The zero-order chi connectivity index (χ0) is 10.9. The number of nitrogens with one attached hydrogen (secondary N) is 2. The summed E-state index contributed by atoms with van der Waals surface area (Å²) in [6.07, 6.45) is 2.56. The van der Waals surface area contributed by atoms with Crippen molar-refractivity contribution in [1.29, 1.82) is 0 Å². The van der Waals surface area contributed by atoms with Gasteiger partial charge >= 0.3 is 5.97 Å². The highest BCUT2D eigenvalue weighted by Crippen LogP contribution is 2.27. The first-order chi connectivity index (χ1) is 7.13. The van der Waals surface area contributed by atoms with Gasteiger partial charge in [-0.15, -0.1) is 0 Å². The minimum Gasteiger partial charge on any atom is -0.481 e. The summed E-state index contributed by atoms with van der Waals surface area (Å²) in [5.74, 6) is -0.730. The van der Waals surface area contributed by atoms with E-state index in [-0.39, 0.29) is 12.0 Å². The van der Waals surface area contributed by atoms with Gasteiger partial charge in [-0.2, -0.15) is 0 Å². The molecule has 0 spiro atoms. The molecular formula is C10H18N2O3. The van der Waals surface area contributed by atoms with Crippen molar-refractivity contribution in [3.63, 3.8) is 0 Å². The van der Waals surface area contributed by atoms with Crippen LogP contribution in [0.2, 0.25) is 0 Å². The third kappa shape index (κ3) is 2.30. The van der Waals surface area contributed by atoms with Crippen LogP contribution in [0.1, 0.15) is 19.3 Å². The molecule has 1 saturated carbocycles. The number of carboxylic acid groups (broad SMARTS) is 1. The monoisotopic (exact) mass is 214 g/mol. The number of rotatable bonds is 5. The quantitative estimate of drug-likeness (QED) is 0.579. The van der Waals surface area contributed by atoms with Crippen LogP contribution in [0.4, 0.5) is 0 Å². The largest absolute Gasteiger partial charge is 0.481 e. The predicted molar refractivity (Wildman–Crippen MR) is 54.8 cm³/mol. The topological polar surface area (TPSA) is 70.6 Å². The lowest BCUT2D eigenvalue weighted by Gasteiger charge is -2.48. The van der Waals surface area contributed by atoms with Gasteiger partial charge in [0.05, 0.1) is 18.1 Å². The molecule has 1 saturated heterocycles. The lowest BCUT2D eigenvalue weighted by Crippen LogP contribution is -2.71. The zero-order valence-electron chi connectivity index (χ0n) is 8.95. The molecule has 2 aliphatic rings. The maximum absolute atomic E-state index is 10.7. The van der Waals surface area contributed by atoms with E-state index < -0.39 is 5.97 Å². The molecule has 5 heteroatoms. The molecule has 0 amide bonds. The highest BCUT2D eigenvalue weighted by molar-refractivity contribution is 5.68. The van der Waals surface area contributed by atoms with E-state index in [1.54, 1.807) is 7.11 Å². The smallest absolute Gasteiger partial charge is 0.305 e. The molecule has 5 nitrogen and oxygen atoms in total.